The van der Waals surface area contributed by atoms with Crippen LogP contribution in [0.5, 0.6) is 5.75 Å². The molecular weight excluding hydrogens is 638 g/mol. The number of aliphatic hydroxyl groups excluding tert-OH is 1. The van der Waals surface area contributed by atoms with Gasteiger partial charge in [-0.25, -0.2) is 0 Å². The normalized spacial score (nSPS) is 36.7. The maximum absolute atomic E-state index is 14.5. The van der Waals surface area contributed by atoms with Crippen LogP contribution >= 0.6 is 0 Å². The molecule has 0 radical (unpaired) electrons. The monoisotopic (exact) mass is 691 g/mol. The summed E-state index contributed by atoms with van der Waals surface area (Å²) in [4.78, 5) is 51.8. The average molecular weight is 692 g/mol. The molecule has 5 N–H and O–H groups in total. The van der Waals surface area contributed by atoms with Crippen molar-refractivity contribution in [3.05, 3.63) is 48.1 Å². The fourth-order valence-corrected chi connectivity index (χ4v) is 9.82. The van der Waals surface area contributed by atoms with Gasteiger partial charge in [-0.05, 0) is 93.2 Å². The Morgan fingerprint density at radius 2 is 1.84 bits per heavy atom. The summed E-state index contributed by atoms with van der Waals surface area (Å²) in [6.07, 6.45) is 7.84. The lowest BCUT2D eigenvalue weighted by Gasteiger charge is -2.59. The van der Waals surface area contributed by atoms with Crippen molar-refractivity contribution in [3.63, 3.8) is 0 Å². The zero-order valence-electron chi connectivity index (χ0n) is 30.1. The molecule has 272 valence electrons. The number of carbonyl (C=O) groups is 4. The fourth-order valence-electron chi connectivity index (χ4n) is 9.82. The molecule has 1 aromatic rings. The number of hydrogen-bond acceptors (Lipinski definition) is 9. The Balaban J connectivity index is 1.16. The Morgan fingerprint density at radius 1 is 1.12 bits per heavy atom. The predicted molar refractivity (Wildman–Crippen MR) is 187 cm³/mol. The Bertz CT molecular complexity index is 1570. The molecular formula is C39H53N3O8. The van der Waals surface area contributed by atoms with Gasteiger partial charge in [0.15, 0.2) is 17.7 Å². The van der Waals surface area contributed by atoms with E-state index in [2.05, 4.69) is 31.4 Å². The molecule has 4 aliphatic carbocycles. The molecule has 11 nitrogen and oxygen atoms in total. The number of amides is 2. The van der Waals surface area contributed by atoms with Crippen LogP contribution in [0.4, 0.5) is 5.69 Å². The second-order valence-corrected chi connectivity index (χ2v) is 15.9. The molecule has 4 fully saturated rings. The number of ketones is 2. The summed E-state index contributed by atoms with van der Waals surface area (Å²) in [6.45, 7) is 11.3. The third-order valence-electron chi connectivity index (χ3n) is 12.5. The van der Waals surface area contributed by atoms with Crippen LogP contribution in [0.15, 0.2) is 48.1 Å². The molecule has 1 aromatic carbocycles. The van der Waals surface area contributed by atoms with Gasteiger partial charge in [0.2, 0.25) is 17.6 Å². The first-order chi connectivity index (χ1) is 23.6. The molecule has 11 heteroatoms. The lowest BCUT2D eigenvalue weighted by molar-refractivity contribution is -0.200. The summed E-state index contributed by atoms with van der Waals surface area (Å²) in [5.74, 6) is -0.477. The topological polar surface area (TPSA) is 166 Å². The molecule has 5 aliphatic rings. The standard InChI is InChI=1S/C39H53N3O8/c1-7-8-32-49-31-18-28-27-14-9-23-17-25(43)15-16-37(23,5)33(27)29(44)19-38(28,6)39(31,50-32)30(45)20-48-26-12-10-24(11-13-26)42-35(46)22(4)41-36(47)34(40)21(2)3/h10-13,15-17,21-22,27-29,31-34,44H,7-9,14,18-20,40H2,1-6H3,(H,41,47)(H,42,46)/t22-,27-,28-,29-,31+,32+,33+,34-,37-,38-,39+/m0/s1. The number of aliphatic hydroxyl groups is 1. The van der Waals surface area contributed by atoms with Crippen molar-refractivity contribution in [3.8, 4) is 5.75 Å². The number of nitrogens with two attached hydrogens (primary N) is 1. The highest BCUT2D eigenvalue weighted by molar-refractivity contribution is 6.01. The summed E-state index contributed by atoms with van der Waals surface area (Å²) >= 11 is 0. The smallest absolute Gasteiger partial charge is 0.246 e. The van der Waals surface area contributed by atoms with E-state index in [1.807, 2.05) is 19.9 Å². The number of benzene rings is 1. The fraction of sp³-hybridized carbons (Fsp3) is 0.641. The number of anilines is 1. The maximum atomic E-state index is 14.5. The van der Waals surface area contributed by atoms with Crippen molar-refractivity contribution in [2.75, 3.05) is 11.9 Å². The van der Waals surface area contributed by atoms with Gasteiger partial charge in [0.1, 0.15) is 18.4 Å². The number of Topliss-reactive ketones (excluding diaryl/α,β-unsaturated/α-hetero) is 1. The van der Waals surface area contributed by atoms with Gasteiger partial charge in [0.25, 0.3) is 0 Å². The van der Waals surface area contributed by atoms with Crippen molar-refractivity contribution < 1.29 is 38.5 Å². The largest absolute Gasteiger partial charge is 0.486 e. The Labute approximate surface area is 294 Å². The lowest BCUT2D eigenvalue weighted by atomic mass is 9.46. The van der Waals surface area contributed by atoms with E-state index in [1.165, 1.54) is 0 Å². The molecule has 0 spiro atoms. The summed E-state index contributed by atoms with van der Waals surface area (Å²) in [5.41, 5.74) is 5.11. The van der Waals surface area contributed by atoms with Crippen molar-refractivity contribution in [1.82, 2.24) is 5.32 Å². The van der Waals surface area contributed by atoms with Crippen molar-refractivity contribution in [2.45, 2.75) is 116 Å². The van der Waals surface area contributed by atoms with Gasteiger partial charge < -0.3 is 35.7 Å². The van der Waals surface area contributed by atoms with Crippen LogP contribution in [-0.2, 0) is 28.7 Å². The third kappa shape index (κ3) is 6.03. The third-order valence-corrected chi connectivity index (χ3v) is 12.5. The van der Waals surface area contributed by atoms with Crippen LogP contribution < -0.4 is 21.1 Å². The van der Waals surface area contributed by atoms with E-state index in [1.54, 1.807) is 43.3 Å². The minimum absolute atomic E-state index is 0.00288. The van der Waals surface area contributed by atoms with Gasteiger partial charge in [-0.15, -0.1) is 0 Å². The van der Waals surface area contributed by atoms with Crippen molar-refractivity contribution in [1.29, 1.82) is 0 Å². The Kier molecular flexibility index (Phi) is 9.93. The number of allylic oxidation sites excluding steroid dienone is 4. The Hall–Kier alpha value is -3.38. The van der Waals surface area contributed by atoms with Crippen LogP contribution in [0.1, 0.15) is 80.1 Å². The Morgan fingerprint density at radius 3 is 2.52 bits per heavy atom. The highest BCUT2D eigenvalue weighted by Gasteiger charge is 2.75. The molecule has 1 saturated heterocycles. The molecule has 0 bridgehead atoms. The quantitative estimate of drug-likeness (QED) is 0.266. The molecule has 50 heavy (non-hydrogen) atoms. The van der Waals surface area contributed by atoms with Gasteiger partial charge in [-0.3, -0.25) is 19.2 Å². The van der Waals surface area contributed by atoms with E-state index >= 15 is 0 Å². The molecule has 2 amide bonds. The molecule has 3 saturated carbocycles. The van der Waals surface area contributed by atoms with E-state index in [0.717, 1.165) is 24.8 Å². The van der Waals surface area contributed by atoms with Gasteiger partial charge in [-0.1, -0.05) is 52.7 Å². The maximum Gasteiger partial charge on any atom is 0.246 e. The van der Waals surface area contributed by atoms with Gasteiger partial charge in [-0.2, -0.15) is 0 Å². The van der Waals surface area contributed by atoms with Crippen LogP contribution in [0, 0.1) is 34.5 Å². The van der Waals surface area contributed by atoms with Gasteiger partial charge in [0.05, 0.1) is 18.2 Å². The highest BCUT2D eigenvalue weighted by Crippen LogP contribution is 2.69. The van der Waals surface area contributed by atoms with Gasteiger partial charge >= 0.3 is 0 Å². The molecule has 1 aliphatic heterocycles. The van der Waals surface area contributed by atoms with E-state index in [-0.39, 0.29) is 47.8 Å². The first-order valence-corrected chi connectivity index (χ1v) is 18.2. The minimum atomic E-state index is -1.27. The van der Waals surface area contributed by atoms with E-state index in [4.69, 9.17) is 19.9 Å². The highest BCUT2D eigenvalue weighted by atomic mass is 16.7. The van der Waals surface area contributed by atoms with Crippen molar-refractivity contribution >= 4 is 29.1 Å². The summed E-state index contributed by atoms with van der Waals surface area (Å²) in [7, 11) is 0. The zero-order chi connectivity index (χ0) is 36.2. The number of fused-ring (bicyclic) bond motifs is 7. The SMILES string of the molecule is CCC[C@@H]1O[C@@H]2C[C@H]3[C@@H]4CCC5=CC(=O)C=C[C@]5(C)[C@H]4[C@@H](O)C[C@]3(C)[C@]2(C(=O)COc2ccc(NC(=O)[C@H](C)NC(=O)[C@@H](N)C(C)C)cc2)O1. The molecule has 1 heterocycles. The second-order valence-electron chi connectivity index (χ2n) is 15.9. The van der Waals surface area contributed by atoms with E-state index in [0.29, 0.717) is 30.7 Å². The second kappa shape index (κ2) is 13.6. The predicted octanol–water partition coefficient (Wildman–Crippen LogP) is 4.23. The average Bonchev–Trinajstić information content (AvgIpc) is 3.55. The minimum Gasteiger partial charge on any atom is -0.486 e. The summed E-state index contributed by atoms with van der Waals surface area (Å²) in [5, 5.41) is 17.4. The van der Waals surface area contributed by atoms with E-state index < -0.39 is 52.9 Å². The van der Waals surface area contributed by atoms with Gasteiger partial charge in [0, 0.05) is 22.4 Å². The number of rotatable bonds is 11. The molecule has 6 rings (SSSR count). The number of carbonyl (C=O) groups excluding carboxylic acids is 4. The van der Waals surface area contributed by atoms with Crippen LogP contribution in [0.3, 0.4) is 0 Å². The zero-order valence-corrected chi connectivity index (χ0v) is 30.1. The molecule has 11 atom stereocenters. The molecule has 0 aromatic heterocycles. The van der Waals surface area contributed by atoms with E-state index in [9.17, 15) is 24.3 Å². The first kappa shape index (κ1) is 36.4. The number of ether oxygens (including phenoxy) is 3. The lowest BCUT2D eigenvalue weighted by Crippen LogP contribution is -2.63. The summed E-state index contributed by atoms with van der Waals surface area (Å²) in [6, 6.07) is 5.19. The number of hydrogen-bond donors (Lipinski definition) is 4. The van der Waals surface area contributed by atoms with Crippen LogP contribution in [-0.4, -0.2) is 71.3 Å². The van der Waals surface area contributed by atoms with Crippen molar-refractivity contribution in [2.24, 2.45) is 40.2 Å². The first-order valence-electron chi connectivity index (χ1n) is 18.2. The van der Waals surface area contributed by atoms with Crippen LogP contribution in [0.25, 0.3) is 0 Å². The van der Waals surface area contributed by atoms with Crippen LogP contribution in [0.2, 0.25) is 0 Å². The summed E-state index contributed by atoms with van der Waals surface area (Å²) < 4.78 is 19.3. The molecule has 0 unspecified atom stereocenters. The number of nitrogens with one attached hydrogen (secondary N) is 2.